The summed E-state index contributed by atoms with van der Waals surface area (Å²) in [4.78, 5) is 29.3. The number of aryl methyl sites for hydroxylation is 1. The quantitative estimate of drug-likeness (QED) is 0.801. The van der Waals surface area contributed by atoms with Gasteiger partial charge in [-0.1, -0.05) is 0 Å². The number of methoxy groups -OCH3 is 1. The summed E-state index contributed by atoms with van der Waals surface area (Å²) in [6, 6.07) is 0.0250. The van der Waals surface area contributed by atoms with E-state index in [0.29, 0.717) is 24.3 Å². The molecule has 2 aliphatic rings. The van der Waals surface area contributed by atoms with E-state index >= 15 is 4.39 Å². The van der Waals surface area contributed by atoms with Crippen LogP contribution in [0.4, 0.5) is 10.1 Å². The van der Waals surface area contributed by atoms with Gasteiger partial charge in [0.1, 0.15) is 11.2 Å². The number of nitrogens with zero attached hydrogens (tertiary/aromatic N) is 2. The Balaban J connectivity index is 0.00000225. The smallest absolute Gasteiger partial charge is 0.329 e. The van der Waals surface area contributed by atoms with E-state index in [1.54, 1.807) is 11.5 Å². The Morgan fingerprint density at radius 2 is 1.96 bits per heavy atom. The zero-order valence-electron chi connectivity index (χ0n) is 16.3. The van der Waals surface area contributed by atoms with Crippen LogP contribution in [0.5, 0.6) is 5.75 Å². The van der Waals surface area contributed by atoms with Crippen molar-refractivity contribution in [2.45, 2.75) is 45.2 Å². The fourth-order valence-electron chi connectivity index (χ4n) is 4.20. The van der Waals surface area contributed by atoms with Gasteiger partial charge in [0, 0.05) is 30.7 Å². The van der Waals surface area contributed by atoms with Gasteiger partial charge < -0.3 is 15.4 Å². The van der Waals surface area contributed by atoms with Crippen LogP contribution in [0, 0.1) is 18.7 Å². The summed E-state index contributed by atoms with van der Waals surface area (Å²) in [5.41, 5.74) is 5.94. The van der Waals surface area contributed by atoms with Crippen LogP contribution in [0.1, 0.15) is 37.8 Å². The molecule has 2 aromatic rings. The van der Waals surface area contributed by atoms with Crippen molar-refractivity contribution < 1.29 is 9.13 Å². The fraction of sp³-hybridized carbons (Fsp3) is 0.579. The van der Waals surface area contributed by atoms with Crippen molar-refractivity contribution in [3.8, 4) is 5.75 Å². The minimum Gasteiger partial charge on any atom is -0.492 e. The molecule has 1 aliphatic heterocycles. The zero-order valence-corrected chi connectivity index (χ0v) is 17.1. The fourth-order valence-corrected chi connectivity index (χ4v) is 4.20. The predicted molar refractivity (Wildman–Crippen MR) is 110 cm³/mol. The second-order valence-corrected chi connectivity index (χ2v) is 7.76. The number of nitrogens with one attached hydrogen (secondary N) is 1. The van der Waals surface area contributed by atoms with Gasteiger partial charge in [0.05, 0.1) is 12.5 Å². The van der Waals surface area contributed by atoms with E-state index in [9.17, 15) is 9.59 Å². The molecule has 3 N–H and O–H groups in total. The lowest BCUT2D eigenvalue weighted by Gasteiger charge is -2.26. The number of aromatic nitrogens is 2. The molecule has 2 fully saturated rings. The summed E-state index contributed by atoms with van der Waals surface area (Å²) in [7, 11) is 1.45. The van der Waals surface area contributed by atoms with Gasteiger partial charge in [-0.25, -0.2) is 9.18 Å². The lowest BCUT2D eigenvalue weighted by molar-refractivity contribution is 0.412. The lowest BCUT2D eigenvalue weighted by atomic mass is 10.0. The van der Waals surface area contributed by atoms with Crippen LogP contribution < -0.4 is 26.6 Å². The van der Waals surface area contributed by atoms with E-state index in [-0.39, 0.29) is 47.1 Å². The number of halogens is 2. The maximum absolute atomic E-state index is 15.4. The minimum atomic E-state index is -0.581. The normalized spacial score (nSPS) is 20.3. The Hall–Kier alpha value is -2.06. The topological polar surface area (TPSA) is 93.3 Å². The van der Waals surface area contributed by atoms with Crippen molar-refractivity contribution in [3.63, 3.8) is 0 Å². The Morgan fingerprint density at radius 1 is 1.29 bits per heavy atom. The van der Waals surface area contributed by atoms with Crippen molar-refractivity contribution in [1.82, 2.24) is 9.55 Å². The zero-order chi connectivity index (χ0) is 19.5. The van der Waals surface area contributed by atoms with Gasteiger partial charge in [-0.05, 0) is 39.0 Å². The van der Waals surface area contributed by atoms with Crippen molar-refractivity contribution >= 4 is 29.0 Å². The van der Waals surface area contributed by atoms with Gasteiger partial charge in [0.15, 0.2) is 11.6 Å². The first-order valence-electron chi connectivity index (χ1n) is 9.40. The van der Waals surface area contributed by atoms with Crippen LogP contribution in [0.2, 0.25) is 0 Å². The third-order valence-electron chi connectivity index (χ3n) is 5.89. The third-order valence-corrected chi connectivity index (χ3v) is 5.89. The Labute approximate surface area is 168 Å². The molecule has 7 nitrogen and oxygen atoms in total. The molecule has 1 aromatic carbocycles. The van der Waals surface area contributed by atoms with Crippen LogP contribution >= 0.6 is 12.4 Å². The molecule has 1 aromatic heterocycles. The predicted octanol–water partition coefficient (Wildman–Crippen LogP) is 2.08. The molecule has 9 heteroatoms. The van der Waals surface area contributed by atoms with E-state index in [0.717, 1.165) is 19.3 Å². The van der Waals surface area contributed by atoms with Gasteiger partial charge in [-0.3, -0.25) is 14.3 Å². The second-order valence-electron chi connectivity index (χ2n) is 7.76. The van der Waals surface area contributed by atoms with Gasteiger partial charge in [-0.2, -0.15) is 0 Å². The number of rotatable bonds is 4. The minimum absolute atomic E-state index is 0. The van der Waals surface area contributed by atoms with E-state index < -0.39 is 17.1 Å². The first-order chi connectivity index (χ1) is 12.8. The van der Waals surface area contributed by atoms with Gasteiger partial charge in [0.25, 0.3) is 5.56 Å². The summed E-state index contributed by atoms with van der Waals surface area (Å²) in [6.45, 7) is 4.81. The molecule has 1 saturated carbocycles. The highest BCUT2D eigenvalue weighted by atomic mass is 35.5. The molecule has 0 radical (unpaired) electrons. The average Bonchev–Trinajstić information content (AvgIpc) is 3.32. The molecule has 1 aliphatic carbocycles. The summed E-state index contributed by atoms with van der Waals surface area (Å²) in [5, 5.41) is 0.183. The van der Waals surface area contributed by atoms with Crippen molar-refractivity contribution in [1.29, 1.82) is 0 Å². The highest BCUT2D eigenvalue weighted by molar-refractivity contribution is 5.93. The first-order valence-corrected chi connectivity index (χ1v) is 9.40. The average molecular weight is 413 g/mol. The van der Waals surface area contributed by atoms with Crippen molar-refractivity contribution in [2.24, 2.45) is 11.7 Å². The van der Waals surface area contributed by atoms with Crippen molar-refractivity contribution in [2.75, 3.05) is 25.1 Å². The Kier molecular flexibility index (Phi) is 5.46. The molecular formula is C19H26ClFN4O3. The highest BCUT2D eigenvalue weighted by Gasteiger charge is 2.35. The Morgan fingerprint density at radius 3 is 2.50 bits per heavy atom. The van der Waals surface area contributed by atoms with Crippen molar-refractivity contribution in [3.05, 3.63) is 32.2 Å². The summed E-state index contributed by atoms with van der Waals surface area (Å²) in [6.07, 6.45) is 2.57. The lowest BCUT2D eigenvalue weighted by Crippen LogP contribution is -2.32. The van der Waals surface area contributed by atoms with E-state index in [1.165, 1.54) is 7.11 Å². The summed E-state index contributed by atoms with van der Waals surface area (Å²) in [5.74, 6) is 0.0413. The third kappa shape index (κ3) is 3.08. The van der Waals surface area contributed by atoms with Gasteiger partial charge in [-0.15, -0.1) is 12.4 Å². The number of anilines is 1. The number of hydrogen-bond acceptors (Lipinski definition) is 5. The number of benzene rings is 1. The molecule has 0 amide bonds. The molecule has 4 rings (SSSR count). The largest absolute Gasteiger partial charge is 0.492 e. The maximum Gasteiger partial charge on any atom is 0.329 e. The molecular weight excluding hydrogens is 387 g/mol. The Bertz CT molecular complexity index is 1030. The molecule has 154 valence electrons. The number of ether oxygens (including phenoxy) is 1. The van der Waals surface area contributed by atoms with Crippen LogP contribution in [0.3, 0.4) is 0 Å². The molecule has 1 unspecified atom stereocenters. The van der Waals surface area contributed by atoms with Crippen LogP contribution in [-0.4, -0.2) is 35.8 Å². The second kappa shape index (κ2) is 7.40. The number of hydrogen-bond donors (Lipinski definition) is 2. The van der Waals surface area contributed by atoms with Gasteiger partial charge >= 0.3 is 5.69 Å². The number of H-pyrrole nitrogens is 1. The SMILES string of the molecule is COc1c(N2CCC([C@H](C)N)C2)c(F)c(C)c2c(=O)[nH]c(=O)n(C3CC3)c12.Cl. The highest BCUT2D eigenvalue weighted by Crippen LogP contribution is 2.44. The molecule has 2 heterocycles. The monoisotopic (exact) mass is 412 g/mol. The molecule has 1 saturated heterocycles. The van der Waals surface area contributed by atoms with E-state index in [2.05, 4.69) is 4.98 Å². The van der Waals surface area contributed by atoms with Crippen LogP contribution in [-0.2, 0) is 0 Å². The standard InChI is InChI=1S/C19H25FN4O3.ClH/c1-9-13-15(24(12-4-5-12)19(26)22-18(13)25)17(27-3)16(14(9)20)23-7-6-11(8-23)10(2)21;/h10-12H,4-8,21H2,1-3H3,(H,22,25,26);1H/t10-,11?;/m0./s1. The number of fused-ring (bicyclic) bond motifs is 1. The number of aromatic amines is 1. The number of nitrogens with two attached hydrogens (primary N) is 1. The molecule has 28 heavy (non-hydrogen) atoms. The van der Waals surface area contributed by atoms with Crippen LogP contribution in [0.15, 0.2) is 9.59 Å². The summed E-state index contributed by atoms with van der Waals surface area (Å²) < 4.78 is 22.6. The molecule has 0 bridgehead atoms. The first kappa shape index (κ1) is 20.7. The van der Waals surface area contributed by atoms with Gasteiger partial charge in [0.2, 0.25) is 0 Å². The maximum atomic E-state index is 15.4. The molecule has 2 atom stereocenters. The summed E-state index contributed by atoms with van der Waals surface area (Å²) >= 11 is 0. The molecule has 0 spiro atoms. The van der Waals surface area contributed by atoms with E-state index in [4.69, 9.17) is 10.5 Å². The van der Waals surface area contributed by atoms with Crippen LogP contribution in [0.25, 0.3) is 10.9 Å². The van der Waals surface area contributed by atoms with E-state index in [1.807, 2.05) is 11.8 Å².